The molecule has 492 valence electrons. The Morgan fingerprint density at radius 1 is 0.412 bits per heavy atom. The lowest BCUT2D eigenvalue weighted by atomic mass is 9.99. The third-order valence-electron chi connectivity index (χ3n) is 16.6. The summed E-state index contributed by atoms with van der Waals surface area (Å²) in [5.74, 6) is -0.184. The van der Waals surface area contributed by atoms with Gasteiger partial charge in [0, 0.05) is 6.42 Å². The molecule has 9 heteroatoms. The molecule has 1 rings (SSSR count). The number of allylic oxidation sites excluding steroid dienone is 15. The first-order valence-electron chi connectivity index (χ1n) is 36.0. The lowest BCUT2D eigenvalue weighted by Crippen LogP contribution is -2.60. The maximum atomic E-state index is 13.1. The Bertz CT molecular complexity index is 1670. The zero-order valence-electron chi connectivity index (χ0n) is 55.1. The number of unbranched alkanes of at least 4 members (excludes halogenated alkanes) is 38. The summed E-state index contributed by atoms with van der Waals surface area (Å²) in [6.45, 7) is 3.68. The summed E-state index contributed by atoms with van der Waals surface area (Å²) in [5.41, 5.74) is 0. The van der Waals surface area contributed by atoms with Gasteiger partial charge in [-0.15, -0.1) is 0 Å². The van der Waals surface area contributed by atoms with Crippen molar-refractivity contribution in [2.24, 2.45) is 0 Å². The maximum absolute atomic E-state index is 13.1. The molecule has 0 aromatic carbocycles. The van der Waals surface area contributed by atoms with Crippen LogP contribution in [0.1, 0.15) is 322 Å². The van der Waals surface area contributed by atoms with Gasteiger partial charge in [-0.1, -0.05) is 329 Å². The molecule has 85 heavy (non-hydrogen) atoms. The van der Waals surface area contributed by atoms with Gasteiger partial charge in [0.25, 0.3) is 0 Å². The topological polar surface area (TPSA) is 149 Å². The molecule has 7 unspecified atom stereocenters. The Kier molecular flexibility index (Phi) is 60.4. The van der Waals surface area contributed by atoms with Gasteiger partial charge in [-0.3, -0.25) is 4.79 Å². The van der Waals surface area contributed by atoms with E-state index in [4.69, 9.17) is 9.47 Å². The van der Waals surface area contributed by atoms with Gasteiger partial charge in [0.2, 0.25) is 5.91 Å². The first-order valence-corrected chi connectivity index (χ1v) is 36.0. The van der Waals surface area contributed by atoms with Crippen LogP contribution in [0.2, 0.25) is 0 Å². The van der Waals surface area contributed by atoms with Crippen molar-refractivity contribution in [2.75, 3.05) is 13.2 Å². The Balaban J connectivity index is 2.12. The molecular formula is C76H135NO8. The maximum Gasteiger partial charge on any atom is 0.220 e. The third-order valence-corrected chi connectivity index (χ3v) is 16.6. The number of hydrogen-bond donors (Lipinski definition) is 6. The van der Waals surface area contributed by atoms with Crippen molar-refractivity contribution in [3.8, 4) is 0 Å². The normalized spacial score (nSPS) is 18.7. The predicted molar refractivity (Wildman–Crippen MR) is 364 cm³/mol. The van der Waals surface area contributed by atoms with E-state index in [1.54, 1.807) is 6.08 Å². The number of carbonyl (C=O) groups excluding carboxylic acids is 1. The molecule has 0 saturated carbocycles. The average Bonchev–Trinajstić information content (AvgIpc) is 3.57. The van der Waals surface area contributed by atoms with Gasteiger partial charge in [-0.25, -0.2) is 0 Å². The highest BCUT2D eigenvalue weighted by molar-refractivity contribution is 5.76. The Hall–Kier alpha value is -2.89. The minimum atomic E-state index is -1.58. The van der Waals surface area contributed by atoms with Crippen LogP contribution in [0.25, 0.3) is 0 Å². The van der Waals surface area contributed by atoms with E-state index >= 15 is 0 Å². The van der Waals surface area contributed by atoms with Gasteiger partial charge in [0.05, 0.1) is 25.4 Å². The fraction of sp³-hybridized carbons (Fsp3) is 0.776. The SMILES string of the molecule is CC/C=C\C/C=C\C/C=C\C/C=C\C/C=C\C/C=C\CCCCCCCCCCCCCCCCCCCCC(=O)NC(COC1OC(CO)C(O)C(O)C1O)C(O)/C=C/CC/C=C/CCCCCCCCCCCCCCCCCCCCC. The zero-order valence-corrected chi connectivity index (χ0v) is 55.1. The monoisotopic (exact) mass is 1190 g/mol. The molecule has 1 heterocycles. The predicted octanol–water partition coefficient (Wildman–Crippen LogP) is 19.9. The number of aliphatic hydroxyl groups excluding tert-OH is 5. The minimum Gasteiger partial charge on any atom is -0.394 e. The summed E-state index contributed by atoms with van der Waals surface area (Å²) in [6, 6.07) is -0.827. The van der Waals surface area contributed by atoms with Crippen LogP contribution < -0.4 is 5.32 Å². The van der Waals surface area contributed by atoms with Gasteiger partial charge >= 0.3 is 0 Å². The van der Waals surface area contributed by atoms with Crippen LogP contribution in [-0.2, 0) is 14.3 Å². The highest BCUT2D eigenvalue weighted by Gasteiger charge is 2.44. The molecule has 1 aliphatic rings. The van der Waals surface area contributed by atoms with Crippen LogP contribution in [0.4, 0.5) is 0 Å². The van der Waals surface area contributed by atoms with E-state index < -0.39 is 49.5 Å². The zero-order chi connectivity index (χ0) is 61.4. The van der Waals surface area contributed by atoms with Crippen molar-refractivity contribution >= 4 is 5.91 Å². The summed E-state index contributed by atoms with van der Waals surface area (Å²) >= 11 is 0. The molecule has 1 aliphatic heterocycles. The third kappa shape index (κ3) is 52.7. The van der Waals surface area contributed by atoms with Crippen LogP contribution >= 0.6 is 0 Å². The summed E-state index contributed by atoms with van der Waals surface area (Å²) in [5, 5.41) is 54.8. The molecule has 1 fully saturated rings. The molecule has 0 aromatic rings. The molecule has 9 nitrogen and oxygen atoms in total. The van der Waals surface area contributed by atoms with Crippen molar-refractivity contribution < 1.29 is 39.8 Å². The minimum absolute atomic E-state index is 0.184. The van der Waals surface area contributed by atoms with E-state index in [0.29, 0.717) is 6.42 Å². The van der Waals surface area contributed by atoms with Gasteiger partial charge in [0.1, 0.15) is 24.4 Å². The lowest BCUT2D eigenvalue weighted by Gasteiger charge is -2.40. The molecule has 0 spiro atoms. The lowest BCUT2D eigenvalue weighted by molar-refractivity contribution is -0.302. The van der Waals surface area contributed by atoms with E-state index in [2.05, 4.69) is 104 Å². The highest BCUT2D eigenvalue weighted by atomic mass is 16.7. The molecule has 0 radical (unpaired) electrons. The molecule has 1 amide bonds. The molecule has 1 saturated heterocycles. The van der Waals surface area contributed by atoms with E-state index in [9.17, 15) is 30.3 Å². The fourth-order valence-corrected chi connectivity index (χ4v) is 11.1. The van der Waals surface area contributed by atoms with Crippen molar-refractivity contribution in [3.05, 3.63) is 97.2 Å². The fourth-order valence-electron chi connectivity index (χ4n) is 11.1. The number of ether oxygens (including phenoxy) is 2. The highest BCUT2D eigenvalue weighted by Crippen LogP contribution is 2.23. The number of nitrogens with one attached hydrogen (secondary N) is 1. The van der Waals surface area contributed by atoms with Crippen LogP contribution in [0.3, 0.4) is 0 Å². The Morgan fingerprint density at radius 3 is 1.13 bits per heavy atom. The summed E-state index contributed by atoms with van der Waals surface area (Å²) in [7, 11) is 0. The number of rotatable bonds is 62. The number of aliphatic hydroxyl groups is 5. The number of amides is 1. The molecule has 7 atom stereocenters. The second kappa shape index (κ2) is 64.1. The van der Waals surface area contributed by atoms with Crippen LogP contribution in [0, 0.1) is 0 Å². The molecule has 0 aliphatic carbocycles. The van der Waals surface area contributed by atoms with Crippen LogP contribution in [0.15, 0.2) is 97.2 Å². The summed E-state index contributed by atoms with van der Waals surface area (Å²) in [4.78, 5) is 13.1. The average molecular weight is 1190 g/mol. The molecule has 0 aromatic heterocycles. The second-order valence-electron chi connectivity index (χ2n) is 24.6. The van der Waals surface area contributed by atoms with E-state index in [-0.39, 0.29) is 12.5 Å². The first-order chi connectivity index (χ1) is 41.8. The van der Waals surface area contributed by atoms with Crippen molar-refractivity contribution in [1.82, 2.24) is 5.32 Å². The first kappa shape index (κ1) is 80.1. The Labute approximate surface area is 523 Å². The summed E-state index contributed by atoms with van der Waals surface area (Å²) in [6.07, 6.45) is 86.6. The van der Waals surface area contributed by atoms with Crippen molar-refractivity contribution in [1.29, 1.82) is 0 Å². The van der Waals surface area contributed by atoms with Gasteiger partial charge in [0.15, 0.2) is 6.29 Å². The van der Waals surface area contributed by atoms with Gasteiger partial charge in [-0.05, 0) is 83.5 Å². The van der Waals surface area contributed by atoms with E-state index in [0.717, 1.165) is 77.0 Å². The standard InChI is InChI=1S/C76H135NO8/c1-3-5-7-9-11-13-15-17-19-21-23-25-27-29-30-31-32-33-34-35-36-37-38-39-40-42-44-46-48-50-52-54-56-58-60-62-64-66-72(80)77-69(68-84-76-75(83)74(82)73(81)71(67-78)85-76)70(79)65-63-61-59-57-55-53-51-49-47-45-43-41-28-26-24-22-20-18-16-14-12-10-8-6-4-2/h5,7,11,13,17,19,23,25,29-30,32-33,55,57,63,65,69-71,73-76,78-79,81-83H,3-4,6,8-10,12,14-16,18,20-22,24,26-28,31,34-54,56,58-62,64,66-68H2,1-2H3,(H,77,80)/b7-5-,13-11-,19-17-,25-23-,30-29-,33-32-,57-55+,65-63+. The van der Waals surface area contributed by atoms with E-state index in [1.165, 1.54) is 225 Å². The van der Waals surface area contributed by atoms with Crippen LogP contribution in [-0.4, -0.2) is 87.5 Å². The van der Waals surface area contributed by atoms with E-state index in [1.807, 2.05) is 6.08 Å². The van der Waals surface area contributed by atoms with Gasteiger partial charge in [-0.2, -0.15) is 0 Å². The number of hydrogen-bond acceptors (Lipinski definition) is 8. The second-order valence-corrected chi connectivity index (χ2v) is 24.6. The van der Waals surface area contributed by atoms with Crippen molar-refractivity contribution in [2.45, 2.75) is 365 Å². The Morgan fingerprint density at radius 2 is 0.741 bits per heavy atom. The molecule has 0 bridgehead atoms. The quantitative estimate of drug-likeness (QED) is 0.0261. The molecule has 6 N–H and O–H groups in total. The summed E-state index contributed by atoms with van der Waals surface area (Å²) < 4.78 is 11.3. The largest absolute Gasteiger partial charge is 0.394 e. The smallest absolute Gasteiger partial charge is 0.220 e. The van der Waals surface area contributed by atoms with Crippen molar-refractivity contribution in [3.63, 3.8) is 0 Å². The number of carbonyl (C=O) groups is 1. The molecular weight excluding hydrogens is 1050 g/mol. The van der Waals surface area contributed by atoms with Crippen LogP contribution in [0.5, 0.6) is 0 Å². The van der Waals surface area contributed by atoms with Gasteiger partial charge < -0.3 is 40.3 Å².